The van der Waals surface area contributed by atoms with Crippen LogP contribution < -0.4 is 0 Å². The van der Waals surface area contributed by atoms with Gasteiger partial charge in [0.1, 0.15) is 6.10 Å². The molecule has 2 aromatic rings. The Hall–Kier alpha value is -3.14. The number of carbonyl (C=O) groups is 2. The number of esters is 2. The van der Waals surface area contributed by atoms with Gasteiger partial charge in [-0.15, -0.1) is 6.42 Å². The Morgan fingerprint density at radius 3 is 2.30 bits per heavy atom. The van der Waals surface area contributed by atoms with Crippen molar-refractivity contribution in [3.05, 3.63) is 70.3 Å². The molecule has 37 heavy (non-hydrogen) atoms. The number of ether oxygens (including phenoxy) is 4. The molecule has 1 saturated carbocycles. The highest BCUT2D eigenvalue weighted by molar-refractivity contribution is 5.67. The van der Waals surface area contributed by atoms with Gasteiger partial charge in [0.15, 0.2) is 6.10 Å². The zero-order valence-corrected chi connectivity index (χ0v) is 22.3. The van der Waals surface area contributed by atoms with E-state index in [4.69, 9.17) is 25.4 Å². The van der Waals surface area contributed by atoms with E-state index in [0.717, 1.165) is 16.7 Å². The van der Waals surface area contributed by atoms with Gasteiger partial charge in [0.2, 0.25) is 5.79 Å². The molecule has 0 aromatic heterocycles. The van der Waals surface area contributed by atoms with Crippen LogP contribution in [-0.4, -0.2) is 37.4 Å². The van der Waals surface area contributed by atoms with Crippen molar-refractivity contribution in [2.24, 2.45) is 5.92 Å². The second-order valence-electron chi connectivity index (χ2n) is 10.1. The minimum atomic E-state index is -1.49. The van der Waals surface area contributed by atoms with Gasteiger partial charge in [0, 0.05) is 38.0 Å². The topological polar surface area (TPSA) is 71.1 Å². The molecule has 0 N–H and O–H groups in total. The number of hydrogen-bond acceptors (Lipinski definition) is 6. The molecule has 196 valence electrons. The van der Waals surface area contributed by atoms with Crippen LogP contribution in [0.4, 0.5) is 0 Å². The summed E-state index contributed by atoms with van der Waals surface area (Å²) in [7, 11) is 1.51. The summed E-state index contributed by atoms with van der Waals surface area (Å²) >= 11 is 0. The fourth-order valence-corrected chi connectivity index (χ4v) is 5.40. The Bertz CT molecular complexity index is 1180. The Morgan fingerprint density at radius 1 is 1.08 bits per heavy atom. The van der Waals surface area contributed by atoms with Crippen LogP contribution in [0, 0.1) is 18.3 Å². The normalized spacial score (nSPS) is 27.2. The van der Waals surface area contributed by atoms with E-state index in [2.05, 4.69) is 30.2 Å². The average Bonchev–Trinajstić information content (AvgIpc) is 3.72. The van der Waals surface area contributed by atoms with Gasteiger partial charge in [0.05, 0.1) is 6.10 Å². The molecule has 0 radical (unpaired) electrons. The van der Waals surface area contributed by atoms with Crippen molar-refractivity contribution in [1.29, 1.82) is 0 Å². The van der Waals surface area contributed by atoms with Crippen LogP contribution in [0.25, 0.3) is 0 Å². The molecular formula is C31H36O6. The summed E-state index contributed by atoms with van der Waals surface area (Å²) in [6.07, 6.45) is 7.58. The first-order valence-electron chi connectivity index (χ1n) is 13.0. The number of rotatable bonds is 8. The van der Waals surface area contributed by atoms with Gasteiger partial charge < -0.3 is 18.9 Å². The molecule has 1 saturated heterocycles. The third-order valence-electron chi connectivity index (χ3n) is 7.49. The molecule has 2 aliphatic rings. The summed E-state index contributed by atoms with van der Waals surface area (Å²) in [5.41, 5.74) is 4.86. The molecule has 0 unspecified atom stereocenters. The molecule has 0 amide bonds. The van der Waals surface area contributed by atoms with Crippen molar-refractivity contribution in [1.82, 2.24) is 0 Å². The molecule has 5 atom stereocenters. The highest BCUT2D eigenvalue weighted by Crippen LogP contribution is 2.45. The minimum absolute atomic E-state index is 0.226. The highest BCUT2D eigenvalue weighted by Gasteiger charge is 2.58. The number of methoxy groups -OCH3 is 1. The SMILES string of the molecule is C#Cc1ccc([C@]2(OC)O[C@H](CC)[C@@H](C)[C@H](OC(C)=O)[C@H]2OC(C)=O)cc1Cc1ccc(C2CC2)cc1. The van der Waals surface area contributed by atoms with Crippen molar-refractivity contribution >= 4 is 11.9 Å². The summed E-state index contributed by atoms with van der Waals surface area (Å²) in [5.74, 6) is 0.778. The van der Waals surface area contributed by atoms with E-state index < -0.39 is 29.9 Å². The first kappa shape index (κ1) is 26.9. The Kier molecular flexibility index (Phi) is 8.06. The van der Waals surface area contributed by atoms with Gasteiger partial charge in [-0.2, -0.15) is 0 Å². The van der Waals surface area contributed by atoms with Crippen molar-refractivity contribution in [2.45, 2.75) is 83.4 Å². The second-order valence-corrected chi connectivity index (χ2v) is 10.1. The lowest BCUT2D eigenvalue weighted by Crippen LogP contribution is -2.62. The number of terminal acetylenes is 1. The Balaban J connectivity index is 1.77. The monoisotopic (exact) mass is 504 g/mol. The zero-order chi connectivity index (χ0) is 26.7. The highest BCUT2D eigenvalue weighted by atomic mass is 16.7. The van der Waals surface area contributed by atoms with E-state index in [1.807, 2.05) is 32.0 Å². The summed E-state index contributed by atoms with van der Waals surface area (Å²) in [6.45, 7) is 6.59. The molecule has 6 heteroatoms. The predicted octanol–water partition coefficient (Wildman–Crippen LogP) is 5.24. The Morgan fingerprint density at radius 2 is 1.76 bits per heavy atom. The van der Waals surface area contributed by atoms with Gasteiger partial charge in [-0.1, -0.05) is 50.1 Å². The maximum absolute atomic E-state index is 12.2. The second kappa shape index (κ2) is 11.1. The molecule has 0 bridgehead atoms. The lowest BCUT2D eigenvalue weighted by molar-refractivity contribution is -0.356. The fourth-order valence-electron chi connectivity index (χ4n) is 5.40. The third kappa shape index (κ3) is 5.58. The number of carbonyl (C=O) groups excluding carboxylic acids is 2. The van der Waals surface area contributed by atoms with Crippen molar-refractivity contribution in [2.75, 3.05) is 7.11 Å². The molecule has 1 aliphatic carbocycles. The van der Waals surface area contributed by atoms with Crippen LogP contribution in [0.3, 0.4) is 0 Å². The van der Waals surface area contributed by atoms with Gasteiger partial charge in [-0.3, -0.25) is 9.59 Å². The average molecular weight is 505 g/mol. The lowest BCUT2D eigenvalue weighted by Gasteiger charge is -2.50. The summed E-state index contributed by atoms with van der Waals surface area (Å²) < 4.78 is 24.1. The van der Waals surface area contributed by atoms with E-state index in [1.165, 1.54) is 39.4 Å². The summed E-state index contributed by atoms with van der Waals surface area (Å²) in [4.78, 5) is 24.3. The molecule has 1 heterocycles. The third-order valence-corrected chi connectivity index (χ3v) is 7.49. The maximum atomic E-state index is 12.2. The van der Waals surface area contributed by atoms with Crippen LogP contribution >= 0.6 is 0 Å². The van der Waals surface area contributed by atoms with Crippen LogP contribution in [0.1, 0.15) is 80.7 Å². The van der Waals surface area contributed by atoms with E-state index in [0.29, 0.717) is 24.3 Å². The zero-order valence-electron chi connectivity index (χ0n) is 22.3. The summed E-state index contributed by atoms with van der Waals surface area (Å²) in [5, 5.41) is 0. The van der Waals surface area contributed by atoms with Crippen molar-refractivity contribution in [3.8, 4) is 12.3 Å². The predicted molar refractivity (Wildman–Crippen MR) is 140 cm³/mol. The molecule has 2 aromatic carbocycles. The van der Waals surface area contributed by atoms with E-state index >= 15 is 0 Å². The largest absolute Gasteiger partial charge is 0.458 e. The molecule has 1 aliphatic heterocycles. The Labute approximate surface area is 219 Å². The smallest absolute Gasteiger partial charge is 0.303 e. The maximum Gasteiger partial charge on any atom is 0.303 e. The van der Waals surface area contributed by atoms with Crippen LogP contribution in [0.5, 0.6) is 0 Å². The van der Waals surface area contributed by atoms with Crippen molar-refractivity contribution < 1.29 is 28.5 Å². The van der Waals surface area contributed by atoms with Gasteiger partial charge in [-0.05, 0) is 60.4 Å². The lowest BCUT2D eigenvalue weighted by atomic mass is 9.81. The standard InChI is InChI=1S/C31H36O6/c1-7-23-15-16-27(18-26(23)17-22-9-11-24(12-10-22)25-13-14-25)31(34-6)30(36-21(5)33)29(35-20(4)32)19(3)28(8-2)37-31/h1,9-12,15-16,18-19,25,28-30H,8,13-14,17H2,2-6H3/t19-,28-,29+,30-,31+/m1/s1. The quantitative estimate of drug-likeness (QED) is 0.362. The van der Waals surface area contributed by atoms with Crippen LogP contribution in [-0.2, 0) is 40.7 Å². The minimum Gasteiger partial charge on any atom is -0.458 e. The van der Waals surface area contributed by atoms with Crippen LogP contribution in [0.15, 0.2) is 42.5 Å². The molecule has 0 spiro atoms. The fraction of sp³-hybridized carbons (Fsp3) is 0.484. The first-order chi connectivity index (χ1) is 17.7. The summed E-state index contributed by atoms with van der Waals surface area (Å²) in [6, 6.07) is 14.3. The van der Waals surface area contributed by atoms with Gasteiger partial charge in [-0.25, -0.2) is 0 Å². The molecular weight excluding hydrogens is 468 g/mol. The van der Waals surface area contributed by atoms with Gasteiger partial charge in [0.25, 0.3) is 0 Å². The van der Waals surface area contributed by atoms with Crippen molar-refractivity contribution in [3.63, 3.8) is 0 Å². The first-order valence-corrected chi connectivity index (χ1v) is 13.0. The molecule has 4 rings (SSSR count). The van der Waals surface area contributed by atoms with E-state index in [-0.39, 0.29) is 12.0 Å². The van der Waals surface area contributed by atoms with Crippen LogP contribution in [0.2, 0.25) is 0 Å². The number of benzene rings is 2. The van der Waals surface area contributed by atoms with E-state index in [9.17, 15) is 9.59 Å². The van der Waals surface area contributed by atoms with Gasteiger partial charge >= 0.3 is 11.9 Å². The number of hydrogen-bond donors (Lipinski definition) is 0. The molecule has 6 nitrogen and oxygen atoms in total. The van der Waals surface area contributed by atoms with E-state index in [1.54, 1.807) is 0 Å². The molecule has 2 fully saturated rings.